The highest BCUT2D eigenvalue weighted by atomic mass is 35.5. The van der Waals surface area contributed by atoms with Crippen LogP contribution in [-0.2, 0) is 4.79 Å². The van der Waals surface area contributed by atoms with Gasteiger partial charge in [0.2, 0.25) is 5.91 Å². The van der Waals surface area contributed by atoms with Gasteiger partial charge >= 0.3 is 0 Å². The fourth-order valence-corrected chi connectivity index (χ4v) is 4.12. The van der Waals surface area contributed by atoms with E-state index >= 15 is 0 Å². The average molecular weight is 384 g/mol. The Kier molecular flexibility index (Phi) is 6.93. The van der Waals surface area contributed by atoms with Crippen molar-refractivity contribution < 1.29 is 9.18 Å². The third-order valence-electron chi connectivity index (χ3n) is 4.29. The van der Waals surface area contributed by atoms with Crippen LogP contribution in [0.4, 0.5) is 4.39 Å². The van der Waals surface area contributed by atoms with Gasteiger partial charge in [-0.25, -0.2) is 9.37 Å². The van der Waals surface area contributed by atoms with E-state index in [1.807, 2.05) is 13.8 Å². The van der Waals surface area contributed by atoms with Crippen LogP contribution in [0.3, 0.4) is 0 Å². The van der Waals surface area contributed by atoms with E-state index in [4.69, 9.17) is 0 Å². The number of rotatable bonds is 5. The van der Waals surface area contributed by atoms with E-state index in [1.165, 1.54) is 12.1 Å². The molecule has 1 aromatic heterocycles. The van der Waals surface area contributed by atoms with Crippen molar-refractivity contribution >= 4 is 29.7 Å². The highest BCUT2D eigenvalue weighted by Crippen LogP contribution is 2.31. The van der Waals surface area contributed by atoms with Gasteiger partial charge in [-0.05, 0) is 57.5 Å². The zero-order valence-electron chi connectivity index (χ0n) is 14.3. The SMILES string of the molecule is Cc1nc(-c2ccc(F)cc2)sc1C(C)NC(=O)CC1CCCN1.Cl. The number of carbonyl (C=O) groups is 1. The monoisotopic (exact) mass is 383 g/mol. The van der Waals surface area contributed by atoms with E-state index in [1.54, 1.807) is 23.5 Å². The van der Waals surface area contributed by atoms with Gasteiger partial charge in [0.15, 0.2) is 0 Å². The average Bonchev–Trinajstić information content (AvgIpc) is 3.17. The van der Waals surface area contributed by atoms with Gasteiger partial charge in [0, 0.05) is 18.0 Å². The number of hydrogen-bond donors (Lipinski definition) is 2. The van der Waals surface area contributed by atoms with E-state index < -0.39 is 0 Å². The Hall–Kier alpha value is -1.50. The number of thiazole rings is 1. The Morgan fingerprint density at radius 3 is 2.80 bits per heavy atom. The third-order valence-corrected chi connectivity index (χ3v) is 5.68. The zero-order valence-corrected chi connectivity index (χ0v) is 16.0. The van der Waals surface area contributed by atoms with Crippen LogP contribution in [0.2, 0.25) is 0 Å². The molecule has 1 aliphatic heterocycles. The van der Waals surface area contributed by atoms with Gasteiger partial charge < -0.3 is 10.6 Å². The standard InChI is InChI=1S/C18H22FN3OS.ClH/c1-11(21-16(23)10-15-4-3-9-20-15)17-12(2)22-18(24-17)13-5-7-14(19)8-6-13;/h5-8,11,15,20H,3-4,9-10H2,1-2H3,(H,21,23);1H. The fraction of sp³-hybridized carbons (Fsp3) is 0.444. The first-order valence-electron chi connectivity index (χ1n) is 8.29. The molecule has 7 heteroatoms. The van der Waals surface area contributed by atoms with Crippen LogP contribution in [0.15, 0.2) is 24.3 Å². The molecule has 1 fully saturated rings. The van der Waals surface area contributed by atoms with E-state index in [2.05, 4.69) is 15.6 Å². The molecule has 136 valence electrons. The minimum Gasteiger partial charge on any atom is -0.349 e. The molecule has 0 radical (unpaired) electrons. The summed E-state index contributed by atoms with van der Waals surface area (Å²) in [5.41, 5.74) is 1.80. The Morgan fingerprint density at radius 1 is 1.44 bits per heavy atom. The number of nitrogens with one attached hydrogen (secondary N) is 2. The van der Waals surface area contributed by atoms with Gasteiger partial charge in [-0.15, -0.1) is 23.7 Å². The lowest BCUT2D eigenvalue weighted by Crippen LogP contribution is -2.33. The molecule has 0 saturated carbocycles. The summed E-state index contributed by atoms with van der Waals surface area (Å²) in [6.45, 7) is 4.93. The van der Waals surface area contributed by atoms with Crippen LogP contribution in [0.25, 0.3) is 10.6 Å². The molecule has 2 N–H and O–H groups in total. The first kappa shape index (κ1) is 19.8. The predicted octanol–water partition coefficient (Wildman–Crippen LogP) is 4.00. The van der Waals surface area contributed by atoms with Crippen molar-refractivity contribution in [2.75, 3.05) is 6.54 Å². The van der Waals surface area contributed by atoms with Crippen molar-refractivity contribution in [3.63, 3.8) is 0 Å². The van der Waals surface area contributed by atoms with Crippen LogP contribution in [0.1, 0.15) is 42.8 Å². The van der Waals surface area contributed by atoms with Gasteiger partial charge in [-0.1, -0.05) is 0 Å². The second-order valence-corrected chi connectivity index (χ2v) is 7.29. The van der Waals surface area contributed by atoms with Gasteiger partial charge in [-0.2, -0.15) is 0 Å². The molecule has 2 unspecified atom stereocenters. The van der Waals surface area contributed by atoms with E-state index in [9.17, 15) is 9.18 Å². The summed E-state index contributed by atoms with van der Waals surface area (Å²) in [5.74, 6) is -0.188. The van der Waals surface area contributed by atoms with E-state index in [-0.39, 0.29) is 30.2 Å². The number of aryl methyl sites for hydroxylation is 1. The fourth-order valence-electron chi connectivity index (χ4n) is 3.05. The van der Waals surface area contributed by atoms with Crippen LogP contribution < -0.4 is 10.6 Å². The number of aromatic nitrogens is 1. The minimum atomic E-state index is -0.256. The molecule has 1 amide bonds. The van der Waals surface area contributed by atoms with Crippen LogP contribution in [-0.4, -0.2) is 23.5 Å². The Balaban J connectivity index is 0.00000225. The van der Waals surface area contributed by atoms with Gasteiger partial charge in [0.1, 0.15) is 10.8 Å². The summed E-state index contributed by atoms with van der Waals surface area (Å²) >= 11 is 1.55. The smallest absolute Gasteiger partial charge is 0.222 e. The molecule has 1 aliphatic rings. The first-order valence-corrected chi connectivity index (χ1v) is 9.10. The first-order chi connectivity index (χ1) is 11.5. The molecule has 4 nitrogen and oxygen atoms in total. The molecule has 25 heavy (non-hydrogen) atoms. The molecule has 0 aliphatic carbocycles. The predicted molar refractivity (Wildman–Crippen MR) is 102 cm³/mol. The molecule has 3 rings (SSSR count). The molecule has 1 aromatic carbocycles. The molecule has 2 aromatic rings. The maximum atomic E-state index is 13.1. The van der Waals surface area contributed by atoms with Crippen molar-refractivity contribution in [1.82, 2.24) is 15.6 Å². The highest BCUT2D eigenvalue weighted by Gasteiger charge is 2.21. The lowest BCUT2D eigenvalue weighted by Gasteiger charge is -2.15. The van der Waals surface area contributed by atoms with Crippen molar-refractivity contribution in [1.29, 1.82) is 0 Å². The van der Waals surface area contributed by atoms with Gasteiger partial charge in [0.05, 0.1) is 16.6 Å². The summed E-state index contributed by atoms with van der Waals surface area (Å²) in [4.78, 5) is 17.8. The van der Waals surface area contributed by atoms with Crippen LogP contribution in [0.5, 0.6) is 0 Å². The normalized spacial score (nSPS) is 17.8. The number of benzene rings is 1. The molecular formula is C18H23ClFN3OS. The second kappa shape index (κ2) is 8.74. The number of nitrogens with zero attached hydrogens (tertiary/aromatic N) is 1. The summed E-state index contributed by atoms with van der Waals surface area (Å²) in [5, 5.41) is 7.26. The number of carbonyl (C=O) groups excluding carboxylic acids is 1. The maximum Gasteiger partial charge on any atom is 0.222 e. The molecule has 0 spiro atoms. The number of hydrogen-bond acceptors (Lipinski definition) is 4. The zero-order chi connectivity index (χ0) is 17.1. The molecular weight excluding hydrogens is 361 g/mol. The summed E-state index contributed by atoms with van der Waals surface area (Å²) < 4.78 is 13.1. The molecule has 2 atom stereocenters. The van der Waals surface area contributed by atoms with E-state index in [0.717, 1.165) is 40.5 Å². The Morgan fingerprint density at radius 2 is 2.16 bits per heavy atom. The quantitative estimate of drug-likeness (QED) is 0.820. The van der Waals surface area contributed by atoms with Crippen molar-refractivity contribution in [3.8, 4) is 10.6 Å². The van der Waals surface area contributed by atoms with Crippen molar-refractivity contribution in [2.45, 2.75) is 45.2 Å². The van der Waals surface area contributed by atoms with Gasteiger partial charge in [-0.3, -0.25) is 4.79 Å². The lowest BCUT2D eigenvalue weighted by molar-refractivity contribution is -0.122. The summed E-state index contributed by atoms with van der Waals surface area (Å²) in [6, 6.07) is 6.55. The molecule has 2 heterocycles. The summed E-state index contributed by atoms with van der Waals surface area (Å²) in [7, 11) is 0. The Bertz CT molecular complexity index is 714. The molecule has 1 saturated heterocycles. The number of halogens is 2. The summed E-state index contributed by atoms with van der Waals surface area (Å²) in [6.07, 6.45) is 2.73. The number of amides is 1. The van der Waals surface area contributed by atoms with Gasteiger partial charge in [0.25, 0.3) is 0 Å². The third kappa shape index (κ3) is 5.00. The van der Waals surface area contributed by atoms with Crippen LogP contribution in [0, 0.1) is 12.7 Å². The highest BCUT2D eigenvalue weighted by molar-refractivity contribution is 7.15. The van der Waals surface area contributed by atoms with Crippen molar-refractivity contribution in [2.24, 2.45) is 0 Å². The minimum absolute atomic E-state index is 0. The van der Waals surface area contributed by atoms with Crippen LogP contribution >= 0.6 is 23.7 Å². The maximum absolute atomic E-state index is 13.1. The second-order valence-electron chi connectivity index (χ2n) is 6.26. The largest absolute Gasteiger partial charge is 0.349 e. The van der Waals surface area contributed by atoms with Crippen molar-refractivity contribution in [3.05, 3.63) is 40.7 Å². The Labute approximate surface area is 157 Å². The van der Waals surface area contributed by atoms with E-state index in [0.29, 0.717) is 12.5 Å². The lowest BCUT2D eigenvalue weighted by atomic mass is 10.1. The topological polar surface area (TPSA) is 54.0 Å². The molecule has 0 bridgehead atoms.